The molecular weight excluding hydrogens is 879 g/mol. The first kappa shape index (κ1) is 66.9. The smallest absolute Gasteiger partial charge is 0.249 e. The van der Waals surface area contributed by atoms with E-state index in [1.54, 1.807) is 6.08 Å². The zero-order chi connectivity index (χ0) is 51.0. The van der Waals surface area contributed by atoms with Gasteiger partial charge in [-0.2, -0.15) is 0 Å². The number of hydrogen-bond acceptors (Lipinski definition) is 9. The molecule has 0 spiro atoms. The van der Waals surface area contributed by atoms with Crippen LogP contribution in [0.15, 0.2) is 12.2 Å². The van der Waals surface area contributed by atoms with Crippen LogP contribution in [-0.2, 0) is 14.3 Å². The van der Waals surface area contributed by atoms with Crippen LogP contribution < -0.4 is 5.32 Å². The zero-order valence-corrected chi connectivity index (χ0v) is 45.9. The molecule has 1 fully saturated rings. The highest BCUT2D eigenvalue weighted by molar-refractivity contribution is 5.80. The van der Waals surface area contributed by atoms with Crippen molar-refractivity contribution < 1.29 is 44.9 Å². The molecular formula is C60H117NO9. The molecule has 7 N–H and O–H groups in total. The maximum Gasteiger partial charge on any atom is 0.249 e. The van der Waals surface area contributed by atoms with Gasteiger partial charge in [-0.3, -0.25) is 4.79 Å². The molecule has 0 aliphatic carbocycles. The summed E-state index contributed by atoms with van der Waals surface area (Å²) in [7, 11) is 0. The van der Waals surface area contributed by atoms with Crippen LogP contribution >= 0.6 is 0 Å². The van der Waals surface area contributed by atoms with Crippen molar-refractivity contribution in [1.82, 2.24) is 5.32 Å². The van der Waals surface area contributed by atoms with Gasteiger partial charge < -0.3 is 45.4 Å². The monoisotopic (exact) mass is 996 g/mol. The van der Waals surface area contributed by atoms with Crippen LogP contribution in [-0.4, -0.2) is 98.7 Å². The van der Waals surface area contributed by atoms with Crippen molar-refractivity contribution in [1.29, 1.82) is 0 Å². The summed E-state index contributed by atoms with van der Waals surface area (Å²) in [6, 6.07) is -0.976. The first-order chi connectivity index (χ1) is 34.3. The van der Waals surface area contributed by atoms with Crippen molar-refractivity contribution in [3.63, 3.8) is 0 Å². The fourth-order valence-corrected chi connectivity index (χ4v) is 10.0. The molecule has 70 heavy (non-hydrogen) atoms. The number of ether oxygens (including phenoxy) is 2. The van der Waals surface area contributed by atoms with E-state index < -0.39 is 61.5 Å². The minimum atomic E-state index is -1.61. The second-order valence-corrected chi connectivity index (χ2v) is 21.7. The SMILES string of the molecule is CCCCCCCCCCCCCC/C=C/C(O)C(COC1OC(CO)C(O)C(O)C1O)NC(=O)C(O)CCCCCCCCCCCCCCCCCCCCCCCCCCCCCCCCC. The number of aliphatic hydroxyl groups excluding tert-OH is 6. The normalized spacial score (nSPS) is 19.8. The highest BCUT2D eigenvalue weighted by Crippen LogP contribution is 2.23. The molecule has 0 aromatic heterocycles. The van der Waals surface area contributed by atoms with E-state index in [9.17, 15) is 35.4 Å². The molecule has 10 nitrogen and oxygen atoms in total. The number of allylic oxidation sites excluding steroid dienone is 1. The number of unbranched alkanes of at least 4 members (excludes halogenated alkanes) is 42. The average Bonchev–Trinajstić information content (AvgIpc) is 3.36. The molecule has 1 amide bonds. The topological polar surface area (TPSA) is 169 Å². The average molecular weight is 997 g/mol. The Morgan fingerprint density at radius 3 is 1.16 bits per heavy atom. The van der Waals surface area contributed by atoms with Crippen molar-refractivity contribution in [2.75, 3.05) is 13.2 Å². The minimum Gasteiger partial charge on any atom is -0.394 e. The Labute approximate surface area is 431 Å². The molecule has 1 heterocycles. The third-order valence-electron chi connectivity index (χ3n) is 15.0. The summed E-state index contributed by atoms with van der Waals surface area (Å²) in [5.41, 5.74) is 0. The zero-order valence-electron chi connectivity index (χ0n) is 45.9. The molecule has 0 radical (unpaired) electrons. The largest absolute Gasteiger partial charge is 0.394 e. The van der Waals surface area contributed by atoms with Crippen molar-refractivity contribution in [3.05, 3.63) is 12.2 Å². The van der Waals surface area contributed by atoms with Crippen LogP contribution in [0.1, 0.15) is 303 Å². The quantitative estimate of drug-likeness (QED) is 0.0232. The van der Waals surface area contributed by atoms with Crippen LogP contribution in [0.3, 0.4) is 0 Å². The summed E-state index contributed by atoms with van der Waals surface area (Å²) >= 11 is 0. The van der Waals surface area contributed by atoms with Crippen LogP contribution in [0.2, 0.25) is 0 Å². The van der Waals surface area contributed by atoms with Crippen molar-refractivity contribution >= 4 is 5.91 Å². The van der Waals surface area contributed by atoms with E-state index in [4.69, 9.17) is 9.47 Å². The lowest BCUT2D eigenvalue weighted by atomic mass is 9.99. The molecule has 1 aliphatic heterocycles. The van der Waals surface area contributed by atoms with Gasteiger partial charge in [-0.05, 0) is 19.3 Å². The molecule has 0 bridgehead atoms. The summed E-state index contributed by atoms with van der Waals surface area (Å²) in [5, 5.41) is 65.0. The number of hydrogen-bond donors (Lipinski definition) is 7. The van der Waals surface area contributed by atoms with Gasteiger partial charge in [-0.1, -0.05) is 296 Å². The minimum absolute atomic E-state index is 0.301. The molecule has 416 valence electrons. The Morgan fingerprint density at radius 2 is 0.814 bits per heavy atom. The summed E-state index contributed by atoms with van der Waals surface area (Å²) < 4.78 is 11.2. The van der Waals surface area contributed by atoms with Gasteiger partial charge in [0.25, 0.3) is 0 Å². The Kier molecular flexibility index (Phi) is 47.9. The Balaban J connectivity index is 2.14. The van der Waals surface area contributed by atoms with E-state index in [0.29, 0.717) is 6.42 Å². The number of rotatable bonds is 53. The van der Waals surface area contributed by atoms with Gasteiger partial charge in [0.2, 0.25) is 5.91 Å². The molecule has 0 aromatic rings. The predicted octanol–water partition coefficient (Wildman–Crippen LogP) is 14.2. The van der Waals surface area contributed by atoms with Crippen LogP contribution in [0.25, 0.3) is 0 Å². The standard InChI is InChI=1S/C60H117NO9/c1-3-5-7-9-11-13-15-17-19-20-21-22-23-24-25-26-27-28-29-30-31-32-33-34-35-37-39-41-43-45-47-49-54(64)59(68)61-52(51-69-60-58(67)57(66)56(65)55(50-62)70-60)53(63)48-46-44-42-40-38-36-18-16-14-12-10-8-6-4-2/h46,48,52-58,60,62-67H,3-45,47,49-51H2,1-2H3,(H,61,68)/b48-46+. The maximum absolute atomic E-state index is 13.1. The van der Waals surface area contributed by atoms with Gasteiger partial charge in [0.1, 0.15) is 30.5 Å². The third-order valence-corrected chi connectivity index (χ3v) is 15.0. The van der Waals surface area contributed by atoms with Gasteiger partial charge in [0.05, 0.1) is 25.4 Å². The van der Waals surface area contributed by atoms with E-state index in [2.05, 4.69) is 19.2 Å². The molecule has 0 saturated carbocycles. The number of carbonyl (C=O) groups excluding carboxylic acids is 1. The molecule has 1 aliphatic rings. The Hall–Kier alpha value is -1.11. The summed E-state index contributed by atoms with van der Waals surface area (Å²) in [4.78, 5) is 13.1. The van der Waals surface area contributed by atoms with Gasteiger partial charge in [-0.25, -0.2) is 0 Å². The van der Waals surface area contributed by atoms with Gasteiger partial charge in [0, 0.05) is 0 Å². The Bertz CT molecular complexity index is 1130. The lowest BCUT2D eigenvalue weighted by Gasteiger charge is -2.40. The van der Waals surface area contributed by atoms with Crippen LogP contribution in [0.5, 0.6) is 0 Å². The first-order valence-electron chi connectivity index (χ1n) is 30.5. The van der Waals surface area contributed by atoms with E-state index in [0.717, 1.165) is 44.9 Å². The highest BCUT2D eigenvalue weighted by Gasteiger charge is 2.44. The second kappa shape index (κ2) is 50.1. The van der Waals surface area contributed by atoms with Gasteiger partial charge in [0.15, 0.2) is 6.29 Å². The van der Waals surface area contributed by atoms with E-state index in [1.807, 2.05) is 6.08 Å². The lowest BCUT2D eigenvalue weighted by Crippen LogP contribution is -2.60. The third kappa shape index (κ3) is 38.5. The molecule has 8 unspecified atom stereocenters. The van der Waals surface area contributed by atoms with Crippen LogP contribution in [0.4, 0.5) is 0 Å². The fraction of sp³-hybridized carbons (Fsp3) is 0.950. The van der Waals surface area contributed by atoms with Gasteiger partial charge in [-0.15, -0.1) is 0 Å². The summed E-state index contributed by atoms with van der Waals surface area (Å²) in [6.45, 7) is 3.65. The molecule has 8 atom stereocenters. The molecule has 1 saturated heterocycles. The van der Waals surface area contributed by atoms with Crippen molar-refractivity contribution in [3.8, 4) is 0 Å². The molecule has 0 aromatic carbocycles. The highest BCUT2D eigenvalue weighted by atomic mass is 16.7. The first-order valence-corrected chi connectivity index (χ1v) is 30.5. The van der Waals surface area contributed by atoms with Gasteiger partial charge >= 0.3 is 0 Å². The molecule has 1 rings (SSSR count). The number of aliphatic hydroxyl groups is 6. The van der Waals surface area contributed by atoms with Crippen molar-refractivity contribution in [2.45, 2.75) is 352 Å². The van der Waals surface area contributed by atoms with E-state index >= 15 is 0 Å². The lowest BCUT2D eigenvalue weighted by molar-refractivity contribution is -0.302. The van der Waals surface area contributed by atoms with E-state index in [1.165, 1.54) is 238 Å². The number of amides is 1. The van der Waals surface area contributed by atoms with E-state index in [-0.39, 0.29) is 6.61 Å². The summed E-state index contributed by atoms with van der Waals surface area (Å²) in [6.07, 6.45) is 51.9. The number of nitrogens with one attached hydrogen (secondary N) is 1. The maximum atomic E-state index is 13.1. The second-order valence-electron chi connectivity index (χ2n) is 21.7. The number of carbonyl (C=O) groups is 1. The summed E-state index contributed by atoms with van der Waals surface area (Å²) in [5.74, 6) is -0.610. The van der Waals surface area contributed by atoms with Crippen LogP contribution in [0, 0.1) is 0 Å². The Morgan fingerprint density at radius 1 is 0.486 bits per heavy atom. The van der Waals surface area contributed by atoms with Crippen molar-refractivity contribution in [2.24, 2.45) is 0 Å². The predicted molar refractivity (Wildman–Crippen MR) is 292 cm³/mol. The molecule has 10 heteroatoms. The fourth-order valence-electron chi connectivity index (χ4n) is 10.0.